The van der Waals surface area contributed by atoms with Crippen LogP contribution in [0.5, 0.6) is 5.75 Å². The van der Waals surface area contributed by atoms with Crippen LogP contribution < -0.4 is 10.5 Å². The summed E-state index contributed by atoms with van der Waals surface area (Å²) in [5.41, 5.74) is 4.83. The van der Waals surface area contributed by atoms with Crippen LogP contribution in [0, 0.1) is 11.6 Å². The van der Waals surface area contributed by atoms with Crippen molar-refractivity contribution in [3.05, 3.63) is 59.2 Å². The molecule has 0 heterocycles. The number of benzene rings is 2. The highest BCUT2D eigenvalue weighted by atomic mass is 19.1. The number of methoxy groups -OCH3 is 1. The lowest BCUT2D eigenvalue weighted by Crippen LogP contribution is -2.11. The monoisotopic (exact) mass is 293 g/mol. The summed E-state index contributed by atoms with van der Waals surface area (Å²) in [6.07, 6.45) is 0. The number of carbonyl (C=O) groups is 1. The maximum Gasteiger partial charge on any atom is 0.344 e. The molecule has 0 saturated heterocycles. The van der Waals surface area contributed by atoms with Crippen molar-refractivity contribution in [2.75, 3.05) is 12.8 Å². The normalized spacial score (nSPS) is 10.2. The minimum atomic E-state index is -1.12. The molecule has 21 heavy (non-hydrogen) atoms. The molecule has 2 rings (SSSR count). The molecule has 0 aliphatic carbocycles. The van der Waals surface area contributed by atoms with Crippen molar-refractivity contribution in [3.63, 3.8) is 0 Å². The van der Waals surface area contributed by atoms with Crippen LogP contribution in [0.15, 0.2) is 36.4 Å². The average molecular weight is 293 g/mol. The van der Waals surface area contributed by atoms with Gasteiger partial charge in [-0.1, -0.05) is 12.1 Å². The Morgan fingerprint density at radius 3 is 2.71 bits per heavy atom. The topological polar surface area (TPSA) is 61.5 Å². The number of carbonyl (C=O) groups excluding carboxylic acids is 1. The van der Waals surface area contributed by atoms with Crippen LogP contribution in [0.1, 0.15) is 15.9 Å². The molecule has 0 saturated carbocycles. The number of anilines is 1. The molecule has 0 spiro atoms. The standard InChI is InChI=1S/C15H13F2NO3/c1-20-10-4-2-3-9(7-10)8-21-15(19)13-11(16)5-6-12(18)14(13)17/h2-7H,8,18H2,1H3. The van der Waals surface area contributed by atoms with Crippen molar-refractivity contribution in [2.45, 2.75) is 6.61 Å². The second-order valence-corrected chi connectivity index (χ2v) is 4.25. The van der Waals surface area contributed by atoms with Crippen molar-refractivity contribution in [3.8, 4) is 5.75 Å². The number of hydrogen-bond donors (Lipinski definition) is 1. The summed E-state index contributed by atoms with van der Waals surface area (Å²) < 4.78 is 37.1. The van der Waals surface area contributed by atoms with E-state index in [0.717, 1.165) is 12.1 Å². The Hall–Kier alpha value is -2.63. The maximum atomic E-state index is 13.7. The number of nitrogens with two attached hydrogens (primary N) is 1. The Balaban J connectivity index is 2.14. The summed E-state index contributed by atoms with van der Waals surface area (Å²) in [6, 6.07) is 8.75. The van der Waals surface area contributed by atoms with Crippen LogP contribution in [-0.2, 0) is 11.3 Å². The molecule has 0 amide bonds. The number of halogens is 2. The largest absolute Gasteiger partial charge is 0.497 e. The van der Waals surface area contributed by atoms with Crippen LogP contribution in [0.25, 0.3) is 0 Å². The lowest BCUT2D eigenvalue weighted by atomic mass is 10.1. The van der Waals surface area contributed by atoms with Crippen molar-refractivity contribution >= 4 is 11.7 Å². The Morgan fingerprint density at radius 1 is 1.24 bits per heavy atom. The van der Waals surface area contributed by atoms with E-state index in [4.69, 9.17) is 15.2 Å². The average Bonchev–Trinajstić information content (AvgIpc) is 2.49. The lowest BCUT2D eigenvalue weighted by Gasteiger charge is -2.08. The van der Waals surface area contributed by atoms with E-state index in [-0.39, 0.29) is 12.3 Å². The first-order valence-electron chi connectivity index (χ1n) is 6.06. The summed E-state index contributed by atoms with van der Waals surface area (Å²) in [4.78, 5) is 11.8. The van der Waals surface area contributed by atoms with Crippen molar-refractivity contribution < 1.29 is 23.0 Å². The summed E-state index contributed by atoms with van der Waals surface area (Å²) in [6.45, 7) is -0.135. The Bertz CT molecular complexity index is 674. The second kappa shape index (κ2) is 6.21. The molecule has 0 radical (unpaired) electrons. The molecule has 0 fully saturated rings. The molecule has 4 nitrogen and oxygen atoms in total. The van der Waals surface area contributed by atoms with Crippen LogP contribution in [0.3, 0.4) is 0 Å². The number of esters is 1. The highest BCUT2D eigenvalue weighted by Crippen LogP contribution is 2.20. The molecule has 0 aromatic heterocycles. The van der Waals surface area contributed by atoms with Gasteiger partial charge in [-0.3, -0.25) is 0 Å². The lowest BCUT2D eigenvalue weighted by molar-refractivity contribution is 0.0461. The smallest absolute Gasteiger partial charge is 0.344 e. The van der Waals surface area contributed by atoms with E-state index < -0.39 is 23.2 Å². The summed E-state index contributed by atoms with van der Waals surface area (Å²) >= 11 is 0. The fraction of sp³-hybridized carbons (Fsp3) is 0.133. The quantitative estimate of drug-likeness (QED) is 0.695. The minimum Gasteiger partial charge on any atom is -0.497 e. The van der Waals surface area contributed by atoms with Gasteiger partial charge in [-0.05, 0) is 29.8 Å². The molecule has 2 aromatic carbocycles. The van der Waals surface area contributed by atoms with Gasteiger partial charge in [0.25, 0.3) is 0 Å². The Kier molecular flexibility index (Phi) is 4.37. The van der Waals surface area contributed by atoms with Gasteiger partial charge in [0.15, 0.2) is 5.82 Å². The van der Waals surface area contributed by atoms with Crippen LogP contribution in [0.2, 0.25) is 0 Å². The molecule has 0 atom stereocenters. The van der Waals surface area contributed by atoms with Gasteiger partial charge in [-0.2, -0.15) is 0 Å². The van der Waals surface area contributed by atoms with Crippen LogP contribution in [-0.4, -0.2) is 13.1 Å². The van der Waals surface area contributed by atoms with Gasteiger partial charge in [0.05, 0.1) is 12.8 Å². The fourth-order valence-corrected chi connectivity index (χ4v) is 1.74. The first kappa shape index (κ1) is 14.8. The van der Waals surface area contributed by atoms with Crippen molar-refractivity contribution in [2.24, 2.45) is 0 Å². The Morgan fingerprint density at radius 2 is 2.00 bits per heavy atom. The molecule has 0 aliphatic heterocycles. The van der Waals surface area contributed by atoms with E-state index in [1.54, 1.807) is 24.3 Å². The predicted octanol–water partition coefficient (Wildman–Crippen LogP) is 2.91. The molecule has 110 valence electrons. The predicted molar refractivity (Wildman–Crippen MR) is 72.9 cm³/mol. The molecule has 0 aliphatic rings. The van der Waals surface area contributed by atoms with Gasteiger partial charge in [0.1, 0.15) is 23.7 Å². The van der Waals surface area contributed by atoms with Gasteiger partial charge in [0, 0.05) is 0 Å². The third kappa shape index (κ3) is 3.28. The highest BCUT2D eigenvalue weighted by Gasteiger charge is 2.21. The van der Waals surface area contributed by atoms with E-state index in [0.29, 0.717) is 11.3 Å². The zero-order chi connectivity index (χ0) is 15.4. The van der Waals surface area contributed by atoms with Gasteiger partial charge < -0.3 is 15.2 Å². The van der Waals surface area contributed by atoms with E-state index in [9.17, 15) is 13.6 Å². The number of ether oxygens (including phenoxy) is 2. The molecule has 2 aromatic rings. The summed E-state index contributed by atoms with van der Waals surface area (Å²) in [5.74, 6) is -2.66. The van der Waals surface area contributed by atoms with Crippen LogP contribution >= 0.6 is 0 Å². The van der Waals surface area contributed by atoms with E-state index in [2.05, 4.69) is 0 Å². The molecular formula is C15H13F2NO3. The zero-order valence-electron chi connectivity index (χ0n) is 11.2. The molecule has 0 bridgehead atoms. The number of rotatable bonds is 4. The summed E-state index contributed by atoms with van der Waals surface area (Å²) in [7, 11) is 1.50. The fourth-order valence-electron chi connectivity index (χ4n) is 1.74. The molecular weight excluding hydrogens is 280 g/mol. The van der Waals surface area contributed by atoms with Crippen molar-refractivity contribution in [1.82, 2.24) is 0 Å². The van der Waals surface area contributed by atoms with Gasteiger partial charge in [-0.15, -0.1) is 0 Å². The second-order valence-electron chi connectivity index (χ2n) is 4.25. The van der Waals surface area contributed by atoms with E-state index in [1.165, 1.54) is 7.11 Å². The zero-order valence-corrected chi connectivity index (χ0v) is 11.2. The molecule has 6 heteroatoms. The van der Waals surface area contributed by atoms with Gasteiger partial charge in [-0.25, -0.2) is 13.6 Å². The van der Waals surface area contributed by atoms with Crippen LogP contribution in [0.4, 0.5) is 14.5 Å². The maximum absolute atomic E-state index is 13.7. The number of nitrogen functional groups attached to an aromatic ring is 1. The summed E-state index contributed by atoms with van der Waals surface area (Å²) in [5, 5.41) is 0. The molecule has 2 N–H and O–H groups in total. The first-order valence-corrected chi connectivity index (χ1v) is 6.06. The minimum absolute atomic E-state index is 0.135. The third-order valence-electron chi connectivity index (χ3n) is 2.83. The third-order valence-corrected chi connectivity index (χ3v) is 2.83. The van der Waals surface area contributed by atoms with Gasteiger partial charge >= 0.3 is 5.97 Å². The molecule has 0 unspecified atom stereocenters. The van der Waals surface area contributed by atoms with E-state index >= 15 is 0 Å². The first-order chi connectivity index (χ1) is 10.0. The highest BCUT2D eigenvalue weighted by molar-refractivity contribution is 5.91. The van der Waals surface area contributed by atoms with Gasteiger partial charge in [0.2, 0.25) is 0 Å². The van der Waals surface area contributed by atoms with E-state index in [1.807, 2.05) is 0 Å². The SMILES string of the molecule is COc1cccc(COC(=O)c2c(F)ccc(N)c2F)c1. The Labute approximate surface area is 120 Å². The van der Waals surface area contributed by atoms with Crippen molar-refractivity contribution in [1.29, 1.82) is 0 Å². The number of hydrogen-bond acceptors (Lipinski definition) is 4.